The van der Waals surface area contributed by atoms with Crippen LogP contribution >= 0.6 is 0 Å². The van der Waals surface area contributed by atoms with Gasteiger partial charge in [0.25, 0.3) is 0 Å². The van der Waals surface area contributed by atoms with Gasteiger partial charge in [-0.15, -0.1) is 0 Å². The van der Waals surface area contributed by atoms with Crippen LogP contribution in [-0.4, -0.2) is 22.6 Å². The van der Waals surface area contributed by atoms with Crippen molar-refractivity contribution >= 4 is 17.5 Å². The first kappa shape index (κ1) is 11.8. The number of ketones is 2. The SMILES string of the molecule is CCC(C)C(=O)CC(=O)CC(=O)O. The molecule has 74 valence electrons. The standard InChI is InChI=1S/C9H14O4/c1-3-6(2)8(11)4-7(10)5-9(12)13/h6H,3-5H2,1-2H3,(H,12,13). The quantitative estimate of drug-likeness (QED) is 0.629. The largest absolute Gasteiger partial charge is 0.481 e. The fourth-order valence-corrected chi connectivity index (χ4v) is 0.827. The fourth-order valence-electron chi connectivity index (χ4n) is 0.827. The van der Waals surface area contributed by atoms with E-state index in [4.69, 9.17) is 5.11 Å². The number of rotatable bonds is 6. The fraction of sp³-hybridized carbons (Fsp3) is 0.667. The lowest BCUT2D eigenvalue weighted by atomic mass is 9.98. The summed E-state index contributed by atoms with van der Waals surface area (Å²) in [6.07, 6.45) is -0.122. The molecule has 0 saturated carbocycles. The van der Waals surface area contributed by atoms with Crippen LogP contribution in [0.1, 0.15) is 33.1 Å². The maximum Gasteiger partial charge on any atom is 0.310 e. The van der Waals surface area contributed by atoms with Crippen LogP contribution in [0.15, 0.2) is 0 Å². The third-order valence-electron chi connectivity index (χ3n) is 1.88. The Kier molecular flexibility index (Phi) is 4.96. The topological polar surface area (TPSA) is 71.4 Å². The minimum absolute atomic E-state index is 0.155. The number of aliphatic carboxylic acids is 1. The number of carboxylic acid groups (broad SMARTS) is 1. The van der Waals surface area contributed by atoms with E-state index in [9.17, 15) is 14.4 Å². The van der Waals surface area contributed by atoms with Crippen molar-refractivity contribution in [1.82, 2.24) is 0 Å². The number of Topliss-reactive ketones (excluding diaryl/α,β-unsaturated/α-hetero) is 2. The summed E-state index contributed by atoms with van der Waals surface area (Å²) in [6.45, 7) is 3.58. The molecule has 4 heteroatoms. The summed E-state index contributed by atoms with van der Waals surface area (Å²) in [6, 6.07) is 0. The van der Waals surface area contributed by atoms with Crippen molar-refractivity contribution in [3.63, 3.8) is 0 Å². The van der Waals surface area contributed by atoms with Gasteiger partial charge in [-0.3, -0.25) is 14.4 Å². The van der Waals surface area contributed by atoms with Crippen LogP contribution in [0.5, 0.6) is 0 Å². The molecular weight excluding hydrogens is 172 g/mol. The summed E-state index contributed by atoms with van der Waals surface area (Å²) in [5.41, 5.74) is 0. The van der Waals surface area contributed by atoms with E-state index in [2.05, 4.69) is 0 Å². The zero-order chi connectivity index (χ0) is 10.4. The van der Waals surface area contributed by atoms with E-state index >= 15 is 0 Å². The highest BCUT2D eigenvalue weighted by molar-refractivity contribution is 6.05. The highest BCUT2D eigenvalue weighted by Gasteiger charge is 2.16. The maximum atomic E-state index is 11.2. The second kappa shape index (κ2) is 5.45. The van der Waals surface area contributed by atoms with Crippen LogP contribution in [-0.2, 0) is 14.4 Å². The van der Waals surface area contributed by atoms with Gasteiger partial charge in [-0.2, -0.15) is 0 Å². The summed E-state index contributed by atoms with van der Waals surface area (Å²) < 4.78 is 0. The molecule has 13 heavy (non-hydrogen) atoms. The Balaban J connectivity index is 3.92. The van der Waals surface area contributed by atoms with Gasteiger partial charge in [0.2, 0.25) is 0 Å². The first-order valence-electron chi connectivity index (χ1n) is 4.23. The summed E-state index contributed by atoms with van der Waals surface area (Å²) >= 11 is 0. The summed E-state index contributed by atoms with van der Waals surface area (Å²) in [5.74, 6) is -2.02. The normalized spacial score (nSPS) is 12.2. The number of hydrogen-bond acceptors (Lipinski definition) is 3. The minimum Gasteiger partial charge on any atom is -0.481 e. The van der Waals surface area contributed by atoms with E-state index in [1.807, 2.05) is 6.92 Å². The van der Waals surface area contributed by atoms with Gasteiger partial charge in [-0.25, -0.2) is 0 Å². The lowest BCUT2D eigenvalue weighted by molar-refractivity contribution is -0.140. The van der Waals surface area contributed by atoms with E-state index in [1.165, 1.54) is 0 Å². The molecule has 1 atom stereocenters. The Hall–Kier alpha value is -1.19. The molecule has 0 spiro atoms. The van der Waals surface area contributed by atoms with Crippen LogP contribution in [0.4, 0.5) is 0 Å². The van der Waals surface area contributed by atoms with Crippen molar-refractivity contribution in [2.24, 2.45) is 5.92 Å². The van der Waals surface area contributed by atoms with Gasteiger partial charge < -0.3 is 5.11 Å². The zero-order valence-corrected chi connectivity index (χ0v) is 7.87. The molecule has 0 aliphatic carbocycles. The van der Waals surface area contributed by atoms with E-state index in [-0.39, 0.29) is 18.1 Å². The monoisotopic (exact) mass is 186 g/mol. The first-order chi connectivity index (χ1) is 5.97. The van der Waals surface area contributed by atoms with Gasteiger partial charge in [-0.05, 0) is 6.42 Å². The highest BCUT2D eigenvalue weighted by Crippen LogP contribution is 2.06. The third kappa shape index (κ3) is 5.11. The van der Waals surface area contributed by atoms with Crippen molar-refractivity contribution in [2.45, 2.75) is 33.1 Å². The molecule has 0 rings (SSSR count). The van der Waals surface area contributed by atoms with E-state index in [0.29, 0.717) is 6.42 Å². The van der Waals surface area contributed by atoms with Crippen molar-refractivity contribution in [2.75, 3.05) is 0 Å². The van der Waals surface area contributed by atoms with Gasteiger partial charge >= 0.3 is 5.97 Å². The molecule has 0 bridgehead atoms. The molecule has 0 aromatic rings. The molecule has 0 saturated heterocycles. The summed E-state index contributed by atoms with van der Waals surface area (Å²) in [5, 5.41) is 8.26. The minimum atomic E-state index is -1.18. The van der Waals surface area contributed by atoms with Crippen LogP contribution in [0.2, 0.25) is 0 Å². The second-order valence-corrected chi connectivity index (χ2v) is 3.06. The van der Waals surface area contributed by atoms with Gasteiger partial charge in [0, 0.05) is 5.92 Å². The van der Waals surface area contributed by atoms with Crippen LogP contribution < -0.4 is 0 Å². The molecule has 0 radical (unpaired) electrons. The zero-order valence-electron chi connectivity index (χ0n) is 7.87. The smallest absolute Gasteiger partial charge is 0.310 e. The number of carboxylic acids is 1. The lowest BCUT2D eigenvalue weighted by Gasteiger charge is -2.04. The van der Waals surface area contributed by atoms with Gasteiger partial charge in [-0.1, -0.05) is 13.8 Å². The Morgan fingerprint density at radius 1 is 1.23 bits per heavy atom. The van der Waals surface area contributed by atoms with Crippen LogP contribution in [0.25, 0.3) is 0 Å². The molecule has 1 N–H and O–H groups in total. The Bertz CT molecular complexity index is 220. The molecule has 4 nitrogen and oxygen atoms in total. The number of carbonyl (C=O) groups is 3. The first-order valence-corrected chi connectivity index (χ1v) is 4.23. The van der Waals surface area contributed by atoms with Crippen molar-refractivity contribution in [3.05, 3.63) is 0 Å². The van der Waals surface area contributed by atoms with Gasteiger partial charge in [0.1, 0.15) is 12.2 Å². The predicted molar refractivity (Wildman–Crippen MR) is 46.3 cm³/mol. The van der Waals surface area contributed by atoms with E-state index < -0.39 is 18.2 Å². The predicted octanol–water partition coefficient (Wildman–Crippen LogP) is 1.04. The molecule has 0 fully saturated rings. The van der Waals surface area contributed by atoms with Gasteiger partial charge in [0.15, 0.2) is 5.78 Å². The maximum absolute atomic E-state index is 11.2. The molecular formula is C9H14O4. The Morgan fingerprint density at radius 3 is 2.15 bits per heavy atom. The molecule has 0 aromatic heterocycles. The summed E-state index contributed by atoms with van der Waals surface area (Å²) in [4.78, 5) is 32.1. The third-order valence-corrected chi connectivity index (χ3v) is 1.88. The van der Waals surface area contributed by atoms with Crippen molar-refractivity contribution in [1.29, 1.82) is 0 Å². The number of carbonyl (C=O) groups excluding carboxylic acids is 2. The average molecular weight is 186 g/mol. The molecule has 1 unspecified atom stereocenters. The second-order valence-electron chi connectivity index (χ2n) is 3.06. The molecule has 0 aliphatic rings. The highest BCUT2D eigenvalue weighted by atomic mass is 16.4. The van der Waals surface area contributed by atoms with Gasteiger partial charge in [0.05, 0.1) is 6.42 Å². The van der Waals surface area contributed by atoms with Crippen molar-refractivity contribution < 1.29 is 19.5 Å². The van der Waals surface area contributed by atoms with Crippen molar-refractivity contribution in [3.8, 4) is 0 Å². The number of hydrogen-bond donors (Lipinski definition) is 1. The average Bonchev–Trinajstić information content (AvgIpc) is 2.01. The Morgan fingerprint density at radius 2 is 1.77 bits per heavy atom. The van der Waals surface area contributed by atoms with Crippen LogP contribution in [0.3, 0.4) is 0 Å². The molecule has 0 heterocycles. The lowest BCUT2D eigenvalue weighted by Crippen LogP contribution is -2.17. The molecule has 0 aromatic carbocycles. The molecule has 0 aliphatic heterocycles. The molecule has 0 amide bonds. The van der Waals surface area contributed by atoms with E-state index in [1.54, 1.807) is 6.92 Å². The Labute approximate surface area is 76.9 Å². The van der Waals surface area contributed by atoms with E-state index in [0.717, 1.165) is 0 Å². The van der Waals surface area contributed by atoms with Crippen LogP contribution in [0, 0.1) is 5.92 Å². The summed E-state index contributed by atoms with van der Waals surface area (Å²) in [7, 11) is 0.